The first-order valence-electron chi connectivity index (χ1n) is 6.08. The number of fused-ring (bicyclic) bond motifs is 1. The summed E-state index contributed by atoms with van der Waals surface area (Å²) < 4.78 is 0. The van der Waals surface area contributed by atoms with E-state index >= 15 is 0 Å². The van der Waals surface area contributed by atoms with Gasteiger partial charge in [-0.2, -0.15) is 0 Å². The van der Waals surface area contributed by atoms with Gasteiger partial charge in [0.05, 0.1) is 0 Å². The number of anilines is 2. The van der Waals surface area contributed by atoms with E-state index in [-0.39, 0.29) is 0 Å². The summed E-state index contributed by atoms with van der Waals surface area (Å²) in [6, 6.07) is 8.07. The first kappa shape index (κ1) is 11.7. The minimum atomic E-state index is 0.821. The van der Waals surface area contributed by atoms with Crippen molar-refractivity contribution < 1.29 is 0 Å². The Morgan fingerprint density at radius 1 is 1.18 bits per heavy atom. The van der Waals surface area contributed by atoms with Gasteiger partial charge in [0.2, 0.25) is 0 Å². The van der Waals surface area contributed by atoms with E-state index in [0.717, 1.165) is 41.1 Å². The average Bonchev–Trinajstić information content (AvgIpc) is 2.32. The fourth-order valence-electron chi connectivity index (χ4n) is 2.17. The Morgan fingerprint density at radius 2 is 1.88 bits per heavy atom. The zero-order valence-electron chi connectivity index (χ0n) is 10.7. The van der Waals surface area contributed by atoms with Crippen LogP contribution in [0.25, 0.3) is 10.8 Å². The van der Waals surface area contributed by atoms with Crippen LogP contribution in [0.5, 0.6) is 0 Å². The molecule has 3 heteroatoms. The number of aryl methyl sites for hydroxylation is 1. The van der Waals surface area contributed by atoms with Gasteiger partial charge in [0.1, 0.15) is 5.82 Å². The van der Waals surface area contributed by atoms with Crippen molar-refractivity contribution in [3.8, 4) is 0 Å². The summed E-state index contributed by atoms with van der Waals surface area (Å²) in [5, 5.41) is 2.24. The second-order valence-electron chi connectivity index (χ2n) is 4.20. The van der Waals surface area contributed by atoms with Gasteiger partial charge in [-0.1, -0.05) is 12.1 Å². The van der Waals surface area contributed by atoms with E-state index in [9.17, 15) is 0 Å². The molecular formula is C14H19N3. The van der Waals surface area contributed by atoms with E-state index in [1.165, 1.54) is 0 Å². The molecule has 0 aliphatic carbocycles. The Labute approximate surface area is 102 Å². The molecule has 0 fully saturated rings. The number of nitrogens with two attached hydrogens (primary N) is 1. The lowest BCUT2D eigenvalue weighted by Gasteiger charge is -2.22. The van der Waals surface area contributed by atoms with Gasteiger partial charge in [0.25, 0.3) is 0 Å². The lowest BCUT2D eigenvalue weighted by molar-refractivity contribution is 0.848. The van der Waals surface area contributed by atoms with Crippen LogP contribution in [0.15, 0.2) is 24.3 Å². The molecule has 1 aromatic heterocycles. The SMILES string of the molecule is CCN(CC)c1nc(C)cc2c(N)cccc12. The standard InChI is InChI=1S/C14H19N3/c1-4-17(5-2)14-11-7-6-8-13(15)12(11)9-10(3)16-14/h6-9H,4-5,15H2,1-3H3. The third kappa shape index (κ3) is 2.05. The van der Waals surface area contributed by atoms with Crippen LogP contribution in [0, 0.1) is 6.92 Å². The molecule has 0 radical (unpaired) electrons. The highest BCUT2D eigenvalue weighted by atomic mass is 15.2. The van der Waals surface area contributed by atoms with Crippen LogP contribution in [0.4, 0.5) is 11.5 Å². The first-order chi connectivity index (χ1) is 8.17. The van der Waals surface area contributed by atoms with Gasteiger partial charge < -0.3 is 10.6 Å². The number of rotatable bonds is 3. The topological polar surface area (TPSA) is 42.2 Å². The maximum atomic E-state index is 6.03. The second kappa shape index (κ2) is 4.62. The minimum absolute atomic E-state index is 0.821. The Balaban J connectivity index is 2.74. The molecule has 2 rings (SSSR count). The van der Waals surface area contributed by atoms with E-state index < -0.39 is 0 Å². The van der Waals surface area contributed by atoms with Crippen LogP contribution >= 0.6 is 0 Å². The molecule has 1 aromatic carbocycles. The smallest absolute Gasteiger partial charge is 0.136 e. The molecule has 0 bridgehead atoms. The lowest BCUT2D eigenvalue weighted by Crippen LogP contribution is -2.23. The van der Waals surface area contributed by atoms with Crippen LogP contribution in [-0.4, -0.2) is 18.1 Å². The van der Waals surface area contributed by atoms with Gasteiger partial charge in [-0.3, -0.25) is 0 Å². The molecule has 0 unspecified atom stereocenters. The molecule has 0 spiro atoms. The van der Waals surface area contributed by atoms with E-state index in [1.807, 2.05) is 19.1 Å². The van der Waals surface area contributed by atoms with Crippen LogP contribution in [0.3, 0.4) is 0 Å². The van der Waals surface area contributed by atoms with E-state index in [1.54, 1.807) is 0 Å². The molecule has 3 nitrogen and oxygen atoms in total. The number of pyridine rings is 1. The fraction of sp³-hybridized carbons (Fsp3) is 0.357. The zero-order chi connectivity index (χ0) is 12.4. The van der Waals surface area contributed by atoms with Crippen LogP contribution in [0.2, 0.25) is 0 Å². The van der Waals surface area contributed by atoms with Crippen molar-refractivity contribution in [1.29, 1.82) is 0 Å². The summed E-state index contributed by atoms with van der Waals surface area (Å²) in [5.41, 5.74) is 7.86. The summed E-state index contributed by atoms with van der Waals surface area (Å²) >= 11 is 0. The quantitative estimate of drug-likeness (QED) is 0.823. The Bertz CT molecular complexity index is 530. The molecule has 90 valence electrons. The molecule has 17 heavy (non-hydrogen) atoms. The Hall–Kier alpha value is -1.77. The molecule has 0 atom stereocenters. The number of nitrogens with zero attached hydrogens (tertiary/aromatic N) is 2. The number of hydrogen-bond acceptors (Lipinski definition) is 3. The predicted octanol–water partition coefficient (Wildman–Crippen LogP) is 2.97. The molecule has 2 aromatic rings. The summed E-state index contributed by atoms with van der Waals surface area (Å²) in [6.45, 7) is 8.21. The van der Waals surface area contributed by atoms with Crippen molar-refractivity contribution >= 4 is 22.3 Å². The van der Waals surface area contributed by atoms with Crippen molar-refractivity contribution in [2.75, 3.05) is 23.7 Å². The molecule has 0 aliphatic heterocycles. The van der Waals surface area contributed by atoms with Gasteiger partial charge in [0, 0.05) is 35.2 Å². The lowest BCUT2D eigenvalue weighted by atomic mass is 10.1. The summed E-state index contributed by atoms with van der Waals surface area (Å²) in [6.07, 6.45) is 0. The monoisotopic (exact) mass is 229 g/mol. The molecule has 0 saturated heterocycles. The van der Waals surface area contributed by atoms with Crippen molar-refractivity contribution in [1.82, 2.24) is 4.98 Å². The van der Waals surface area contributed by atoms with Crippen molar-refractivity contribution in [3.05, 3.63) is 30.0 Å². The van der Waals surface area contributed by atoms with Gasteiger partial charge >= 0.3 is 0 Å². The number of hydrogen-bond donors (Lipinski definition) is 1. The summed E-state index contributed by atoms with van der Waals surface area (Å²) in [7, 11) is 0. The summed E-state index contributed by atoms with van der Waals surface area (Å²) in [4.78, 5) is 6.91. The molecule has 1 heterocycles. The molecule has 0 aliphatic rings. The highest BCUT2D eigenvalue weighted by Crippen LogP contribution is 2.29. The maximum Gasteiger partial charge on any atom is 0.136 e. The van der Waals surface area contributed by atoms with Crippen molar-refractivity contribution in [3.63, 3.8) is 0 Å². The second-order valence-corrected chi connectivity index (χ2v) is 4.20. The number of benzene rings is 1. The van der Waals surface area contributed by atoms with Gasteiger partial charge in [-0.05, 0) is 32.9 Å². The van der Waals surface area contributed by atoms with Crippen LogP contribution in [0.1, 0.15) is 19.5 Å². The summed E-state index contributed by atoms with van der Waals surface area (Å²) in [5.74, 6) is 1.04. The van der Waals surface area contributed by atoms with Gasteiger partial charge in [-0.25, -0.2) is 4.98 Å². The molecular weight excluding hydrogens is 210 g/mol. The first-order valence-corrected chi connectivity index (χ1v) is 6.08. The van der Waals surface area contributed by atoms with E-state index in [4.69, 9.17) is 5.73 Å². The predicted molar refractivity (Wildman–Crippen MR) is 74.5 cm³/mol. The third-order valence-corrected chi connectivity index (χ3v) is 3.08. The van der Waals surface area contributed by atoms with Gasteiger partial charge in [-0.15, -0.1) is 0 Å². The highest BCUT2D eigenvalue weighted by Gasteiger charge is 2.10. The van der Waals surface area contributed by atoms with E-state index in [0.29, 0.717) is 0 Å². The normalized spacial score (nSPS) is 10.8. The zero-order valence-corrected chi connectivity index (χ0v) is 10.7. The average molecular weight is 229 g/mol. The van der Waals surface area contributed by atoms with Crippen molar-refractivity contribution in [2.24, 2.45) is 0 Å². The molecule has 2 N–H and O–H groups in total. The van der Waals surface area contributed by atoms with Crippen molar-refractivity contribution in [2.45, 2.75) is 20.8 Å². The number of aromatic nitrogens is 1. The maximum absolute atomic E-state index is 6.03. The van der Waals surface area contributed by atoms with Gasteiger partial charge in [0.15, 0.2) is 0 Å². The largest absolute Gasteiger partial charge is 0.398 e. The minimum Gasteiger partial charge on any atom is -0.398 e. The molecule has 0 amide bonds. The van der Waals surface area contributed by atoms with Crippen LogP contribution in [-0.2, 0) is 0 Å². The third-order valence-electron chi connectivity index (χ3n) is 3.08. The highest BCUT2D eigenvalue weighted by molar-refractivity contribution is 5.99. The van der Waals surface area contributed by atoms with E-state index in [2.05, 4.69) is 35.9 Å². The number of nitrogen functional groups attached to an aromatic ring is 1. The molecule has 0 saturated carbocycles. The Kier molecular flexibility index (Phi) is 3.18. The Morgan fingerprint density at radius 3 is 2.53 bits per heavy atom. The van der Waals surface area contributed by atoms with Crippen LogP contribution < -0.4 is 10.6 Å². The fourth-order valence-corrected chi connectivity index (χ4v) is 2.17.